The van der Waals surface area contributed by atoms with E-state index < -0.39 is 0 Å². The maximum atomic E-state index is 12.1. The highest BCUT2D eigenvalue weighted by molar-refractivity contribution is 5.87. The van der Waals surface area contributed by atoms with Crippen LogP contribution in [0.1, 0.15) is 13.8 Å². The summed E-state index contributed by atoms with van der Waals surface area (Å²) in [5, 5.41) is 0. The Hall–Kier alpha value is -2.68. The SMILES string of the molecule is CCN(CC)c1ccc(-c2c(-c3ccccc3)c(=O)c2=O)cc1. The van der Waals surface area contributed by atoms with Gasteiger partial charge < -0.3 is 4.90 Å². The Bertz CT molecular complexity index is 868. The van der Waals surface area contributed by atoms with E-state index >= 15 is 0 Å². The van der Waals surface area contributed by atoms with Crippen LogP contribution in [0.15, 0.2) is 64.2 Å². The zero-order chi connectivity index (χ0) is 16.4. The van der Waals surface area contributed by atoms with E-state index in [0.717, 1.165) is 29.9 Å². The standard InChI is InChI=1S/C20H19NO2/c1-3-21(4-2)16-12-10-15(11-13-16)18-17(19(22)20(18)23)14-8-6-5-7-9-14/h5-13H,3-4H2,1-2H3. The fourth-order valence-corrected chi connectivity index (χ4v) is 2.97. The third-order valence-corrected chi connectivity index (χ3v) is 4.26. The molecule has 3 aromatic carbocycles. The highest BCUT2D eigenvalue weighted by Crippen LogP contribution is 2.29. The Kier molecular flexibility index (Phi) is 4.11. The molecule has 3 nitrogen and oxygen atoms in total. The third kappa shape index (κ3) is 2.59. The molecule has 0 saturated heterocycles. The molecule has 0 aliphatic rings. The Morgan fingerprint density at radius 1 is 0.696 bits per heavy atom. The van der Waals surface area contributed by atoms with Gasteiger partial charge in [0, 0.05) is 29.9 Å². The van der Waals surface area contributed by atoms with Gasteiger partial charge in [0.2, 0.25) is 10.9 Å². The van der Waals surface area contributed by atoms with Crippen LogP contribution in [0.5, 0.6) is 0 Å². The molecule has 3 aromatic rings. The highest BCUT2D eigenvalue weighted by Gasteiger charge is 2.23. The summed E-state index contributed by atoms with van der Waals surface area (Å²) in [6.45, 7) is 6.10. The molecule has 0 fully saturated rings. The molecule has 0 aromatic heterocycles. The number of anilines is 1. The van der Waals surface area contributed by atoms with Crippen molar-refractivity contribution < 1.29 is 0 Å². The largest absolute Gasteiger partial charge is 0.372 e. The van der Waals surface area contributed by atoms with Gasteiger partial charge in [0.1, 0.15) is 0 Å². The summed E-state index contributed by atoms with van der Waals surface area (Å²) in [5.74, 6) is 0. The van der Waals surface area contributed by atoms with Crippen molar-refractivity contribution in [3.63, 3.8) is 0 Å². The zero-order valence-corrected chi connectivity index (χ0v) is 13.4. The lowest BCUT2D eigenvalue weighted by atomic mass is 9.89. The molecule has 0 unspecified atom stereocenters. The van der Waals surface area contributed by atoms with E-state index in [2.05, 4.69) is 18.7 Å². The molecule has 0 amide bonds. The van der Waals surface area contributed by atoms with Gasteiger partial charge in [0.15, 0.2) is 0 Å². The quantitative estimate of drug-likeness (QED) is 0.677. The van der Waals surface area contributed by atoms with Crippen molar-refractivity contribution in [2.45, 2.75) is 13.8 Å². The maximum Gasteiger partial charge on any atom is 0.234 e. The van der Waals surface area contributed by atoms with Crippen molar-refractivity contribution in [3.05, 3.63) is 75.0 Å². The second kappa shape index (κ2) is 6.21. The van der Waals surface area contributed by atoms with Crippen LogP contribution in [0.2, 0.25) is 0 Å². The van der Waals surface area contributed by atoms with Crippen LogP contribution in [0.25, 0.3) is 22.3 Å². The molecule has 116 valence electrons. The lowest BCUT2D eigenvalue weighted by molar-refractivity contribution is 0.866. The normalized spacial score (nSPS) is 10.9. The van der Waals surface area contributed by atoms with Gasteiger partial charge in [-0.05, 0) is 37.1 Å². The highest BCUT2D eigenvalue weighted by atomic mass is 16.2. The molecule has 0 radical (unpaired) electrons. The van der Waals surface area contributed by atoms with Crippen LogP contribution >= 0.6 is 0 Å². The Morgan fingerprint density at radius 2 is 1.17 bits per heavy atom. The predicted octanol–water partition coefficient (Wildman–Crippen LogP) is 3.46. The number of nitrogens with zero attached hydrogens (tertiary/aromatic N) is 1. The van der Waals surface area contributed by atoms with Gasteiger partial charge >= 0.3 is 0 Å². The summed E-state index contributed by atoms with van der Waals surface area (Å²) in [7, 11) is 0. The van der Waals surface area contributed by atoms with Crippen molar-refractivity contribution >= 4 is 5.69 Å². The lowest BCUT2D eigenvalue weighted by Gasteiger charge is -2.21. The second-order valence-corrected chi connectivity index (χ2v) is 5.49. The first kappa shape index (κ1) is 15.2. The first-order valence-corrected chi connectivity index (χ1v) is 7.91. The van der Waals surface area contributed by atoms with E-state index in [0.29, 0.717) is 11.1 Å². The van der Waals surface area contributed by atoms with Gasteiger partial charge in [0.25, 0.3) is 0 Å². The molecule has 0 aliphatic carbocycles. The van der Waals surface area contributed by atoms with E-state index in [1.807, 2.05) is 54.6 Å². The molecular weight excluding hydrogens is 286 g/mol. The van der Waals surface area contributed by atoms with Gasteiger partial charge in [0.05, 0.1) is 0 Å². The van der Waals surface area contributed by atoms with Crippen LogP contribution in [0.3, 0.4) is 0 Å². The van der Waals surface area contributed by atoms with Crippen LogP contribution < -0.4 is 15.8 Å². The summed E-state index contributed by atoms with van der Waals surface area (Å²) in [5.41, 5.74) is 3.03. The van der Waals surface area contributed by atoms with Gasteiger partial charge in [-0.15, -0.1) is 0 Å². The van der Waals surface area contributed by atoms with E-state index in [1.54, 1.807) is 0 Å². The summed E-state index contributed by atoms with van der Waals surface area (Å²) in [4.78, 5) is 26.3. The van der Waals surface area contributed by atoms with E-state index in [-0.39, 0.29) is 10.9 Å². The minimum Gasteiger partial charge on any atom is -0.372 e. The fraction of sp³-hybridized carbons (Fsp3) is 0.200. The van der Waals surface area contributed by atoms with Crippen LogP contribution in [-0.4, -0.2) is 13.1 Å². The smallest absolute Gasteiger partial charge is 0.234 e. The Labute approximate surface area is 135 Å². The summed E-state index contributed by atoms with van der Waals surface area (Å²) in [6, 6.07) is 17.2. The average molecular weight is 305 g/mol. The summed E-state index contributed by atoms with van der Waals surface area (Å²) in [6.07, 6.45) is 0. The van der Waals surface area contributed by atoms with Gasteiger partial charge in [-0.3, -0.25) is 9.59 Å². The molecule has 3 heteroatoms. The average Bonchev–Trinajstić information content (AvgIpc) is 2.61. The van der Waals surface area contributed by atoms with Crippen molar-refractivity contribution in [1.82, 2.24) is 0 Å². The van der Waals surface area contributed by atoms with Crippen LogP contribution in [0, 0.1) is 0 Å². The number of hydrogen-bond acceptors (Lipinski definition) is 3. The minimum atomic E-state index is -0.390. The maximum absolute atomic E-state index is 12.1. The van der Waals surface area contributed by atoms with E-state index in [9.17, 15) is 9.59 Å². The van der Waals surface area contributed by atoms with E-state index in [1.165, 1.54) is 0 Å². The van der Waals surface area contributed by atoms with E-state index in [4.69, 9.17) is 0 Å². The molecule has 0 heterocycles. The predicted molar refractivity (Wildman–Crippen MR) is 95.8 cm³/mol. The van der Waals surface area contributed by atoms with Crippen LogP contribution in [-0.2, 0) is 0 Å². The summed E-state index contributed by atoms with van der Waals surface area (Å²) >= 11 is 0. The first-order chi connectivity index (χ1) is 11.2. The Balaban J connectivity index is 2.02. The number of hydrogen-bond donors (Lipinski definition) is 0. The minimum absolute atomic E-state index is 0.389. The lowest BCUT2D eigenvalue weighted by Crippen LogP contribution is -2.35. The molecule has 0 aliphatic heterocycles. The third-order valence-electron chi connectivity index (χ3n) is 4.26. The topological polar surface area (TPSA) is 37.4 Å². The van der Waals surface area contributed by atoms with Gasteiger partial charge in [-0.1, -0.05) is 42.5 Å². The number of benzene rings is 2. The molecule has 0 spiro atoms. The van der Waals surface area contributed by atoms with Gasteiger partial charge in [-0.2, -0.15) is 0 Å². The first-order valence-electron chi connectivity index (χ1n) is 7.91. The summed E-state index contributed by atoms with van der Waals surface area (Å²) < 4.78 is 0. The van der Waals surface area contributed by atoms with Gasteiger partial charge in [-0.25, -0.2) is 0 Å². The molecule has 0 N–H and O–H groups in total. The van der Waals surface area contributed by atoms with Crippen molar-refractivity contribution in [1.29, 1.82) is 0 Å². The van der Waals surface area contributed by atoms with Crippen molar-refractivity contribution in [2.75, 3.05) is 18.0 Å². The molecule has 0 bridgehead atoms. The molecular formula is C20H19NO2. The monoisotopic (exact) mass is 305 g/mol. The van der Waals surface area contributed by atoms with Crippen molar-refractivity contribution in [2.24, 2.45) is 0 Å². The molecule has 23 heavy (non-hydrogen) atoms. The fourth-order valence-electron chi connectivity index (χ4n) is 2.97. The van der Waals surface area contributed by atoms with Crippen molar-refractivity contribution in [3.8, 4) is 22.3 Å². The van der Waals surface area contributed by atoms with Crippen LogP contribution in [0.4, 0.5) is 5.69 Å². The molecule has 3 rings (SSSR count). The Morgan fingerprint density at radius 3 is 1.65 bits per heavy atom. The number of rotatable bonds is 5. The second-order valence-electron chi connectivity index (χ2n) is 5.49. The molecule has 0 atom stereocenters. The zero-order valence-electron chi connectivity index (χ0n) is 13.4. The molecule has 0 saturated carbocycles.